The smallest absolute Gasteiger partial charge is 0.273 e. The van der Waals surface area contributed by atoms with E-state index in [0.717, 1.165) is 18.5 Å². The van der Waals surface area contributed by atoms with Crippen molar-refractivity contribution in [2.45, 2.75) is 58.5 Å². The number of allylic oxidation sites excluding steroid dienone is 1. The van der Waals surface area contributed by atoms with Crippen LogP contribution < -0.4 is 5.32 Å². The third-order valence-corrected chi connectivity index (χ3v) is 5.10. The monoisotopic (exact) mass is 378 g/mol. The van der Waals surface area contributed by atoms with Crippen molar-refractivity contribution in [2.75, 3.05) is 11.9 Å². The van der Waals surface area contributed by atoms with Crippen molar-refractivity contribution in [3.63, 3.8) is 0 Å². The molecule has 0 saturated heterocycles. The topological polar surface area (TPSA) is 58.1 Å². The summed E-state index contributed by atoms with van der Waals surface area (Å²) in [5.41, 5.74) is 3.06. The van der Waals surface area contributed by atoms with Gasteiger partial charge in [-0.3, -0.25) is 4.79 Å². The fraction of sp³-hybridized carbons (Fsp3) is 0.435. The van der Waals surface area contributed by atoms with Crippen molar-refractivity contribution < 1.29 is 4.79 Å². The van der Waals surface area contributed by atoms with Gasteiger partial charge < -0.3 is 10.2 Å². The molecule has 1 aromatic heterocycles. The van der Waals surface area contributed by atoms with Crippen molar-refractivity contribution in [2.24, 2.45) is 0 Å². The minimum Gasteiger partial charge on any atom is -0.370 e. The molecule has 1 heterocycles. The predicted molar refractivity (Wildman–Crippen MR) is 113 cm³/mol. The Morgan fingerprint density at radius 3 is 2.71 bits per heavy atom. The maximum atomic E-state index is 13.1. The highest BCUT2D eigenvalue weighted by Gasteiger charge is 2.20. The van der Waals surface area contributed by atoms with E-state index in [1.165, 1.54) is 37.6 Å². The highest BCUT2D eigenvalue weighted by atomic mass is 16.2. The Hall–Kier alpha value is -2.69. The molecule has 0 aliphatic heterocycles. The average molecular weight is 379 g/mol. The Bertz CT molecular complexity index is 801. The molecule has 0 radical (unpaired) electrons. The molecule has 3 rings (SSSR count). The number of nitrogens with zero attached hydrogens (tertiary/aromatic N) is 3. The second kappa shape index (κ2) is 10.0. The van der Waals surface area contributed by atoms with Gasteiger partial charge in [0, 0.05) is 25.2 Å². The molecular formula is C23H30N4O. The predicted octanol–water partition coefficient (Wildman–Crippen LogP) is 4.83. The van der Waals surface area contributed by atoms with Gasteiger partial charge in [-0.25, -0.2) is 9.97 Å². The molecule has 1 amide bonds. The zero-order chi connectivity index (χ0) is 19.8. The zero-order valence-electron chi connectivity index (χ0n) is 16.9. The van der Waals surface area contributed by atoms with Gasteiger partial charge in [0.25, 0.3) is 5.91 Å². The van der Waals surface area contributed by atoms with E-state index in [0.29, 0.717) is 18.1 Å². The van der Waals surface area contributed by atoms with Crippen LogP contribution in [0.25, 0.3) is 0 Å². The maximum absolute atomic E-state index is 13.1. The third kappa shape index (κ3) is 5.65. The van der Waals surface area contributed by atoms with E-state index in [1.807, 2.05) is 49.1 Å². The Balaban J connectivity index is 1.63. The van der Waals surface area contributed by atoms with Gasteiger partial charge in [0.2, 0.25) is 0 Å². The number of amides is 1. The molecule has 1 N–H and O–H groups in total. The lowest BCUT2D eigenvalue weighted by Crippen LogP contribution is -2.37. The minimum absolute atomic E-state index is 0.0701. The molecule has 2 aromatic rings. The number of carbonyl (C=O) groups excluding carboxylic acids is 1. The first-order chi connectivity index (χ1) is 13.6. The number of nitrogens with one attached hydrogen (secondary N) is 1. The number of anilines is 1. The molecule has 1 aliphatic rings. The van der Waals surface area contributed by atoms with Crippen LogP contribution in [0.15, 0.2) is 54.4 Å². The normalized spacial score (nSPS) is 13.9. The number of hydrogen-bond donors (Lipinski definition) is 1. The highest BCUT2D eigenvalue weighted by molar-refractivity contribution is 5.93. The van der Waals surface area contributed by atoms with Crippen LogP contribution in [0, 0.1) is 0 Å². The summed E-state index contributed by atoms with van der Waals surface area (Å²) in [4.78, 5) is 23.4. The van der Waals surface area contributed by atoms with Crippen LogP contribution in [0.1, 0.15) is 62.0 Å². The van der Waals surface area contributed by atoms with Crippen molar-refractivity contribution in [1.29, 1.82) is 0 Å². The summed E-state index contributed by atoms with van der Waals surface area (Å²) in [6.07, 6.45) is 9.88. The first kappa shape index (κ1) is 20.1. The van der Waals surface area contributed by atoms with E-state index in [1.54, 1.807) is 6.07 Å². The second-order valence-corrected chi connectivity index (χ2v) is 7.59. The van der Waals surface area contributed by atoms with Gasteiger partial charge in [-0.15, -0.1) is 0 Å². The maximum Gasteiger partial charge on any atom is 0.273 e. The molecule has 0 unspecified atom stereocenters. The van der Waals surface area contributed by atoms with E-state index < -0.39 is 0 Å². The number of aromatic nitrogens is 2. The standard InChI is InChI=1S/C23H30N4O/c1-18(2)27(16-20-11-7-4-8-12-20)23(28)21-15-22(26-17-25-21)24-14-13-19-9-5-3-6-10-19/h4,7-9,11-12,15,17-18H,3,5-6,10,13-14,16H2,1-2H3,(H,24,25,26). The van der Waals surface area contributed by atoms with Crippen LogP contribution in [-0.4, -0.2) is 33.4 Å². The highest BCUT2D eigenvalue weighted by Crippen LogP contribution is 2.20. The van der Waals surface area contributed by atoms with Crippen LogP contribution in [-0.2, 0) is 6.54 Å². The summed E-state index contributed by atoms with van der Waals surface area (Å²) in [5, 5.41) is 3.34. The number of rotatable bonds is 8. The summed E-state index contributed by atoms with van der Waals surface area (Å²) >= 11 is 0. The lowest BCUT2D eigenvalue weighted by Gasteiger charge is -2.26. The van der Waals surface area contributed by atoms with Crippen molar-refractivity contribution in [1.82, 2.24) is 14.9 Å². The van der Waals surface area contributed by atoms with E-state index in [-0.39, 0.29) is 11.9 Å². The van der Waals surface area contributed by atoms with Crippen LogP contribution >= 0.6 is 0 Å². The van der Waals surface area contributed by atoms with Gasteiger partial charge in [0.05, 0.1) is 0 Å². The number of hydrogen-bond acceptors (Lipinski definition) is 4. The van der Waals surface area contributed by atoms with E-state index >= 15 is 0 Å². The van der Waals surface area contributed by atoms with Crippen LogP contribution in [0.4, 0.5) is 5.82 Å². The molecule has 0 atom stereocenters. The fourth-order valence-corrected chi connectivity index (χ4v) is 3.47. The Kier molecular flexibility index (Phi) is 7.18. The average Bonchev–Trinajstić information content (AvgIpc) is 2.73. The first-order valence-electron chi connectivity index (χ1n) is 10.2. The SMILES string of the molecule is CC(C)N(Cc1ccccc1)C(=O)c1cc(NCCC2=CCCCC2)ncn1. The van der Waals surface area contributed by atoms with Gasteiger partial charge in [-0.1, -0.05) is 42.0 Å². The molecule has 1 aromatic carbocycles. The summed E-state index contributed by atoms with van der Waals surface area (Å²) in [6, 6.07) is 11.9. The van der Waals surface area contributed by atoms with E-state index in [9.17, 15) is 4.79 Å². The molecule has 148 valence electrons. The molecule has 0 spiro atoms. The van der Waals surface area contributed by atoms with Gasteiger partial charge in [-0.2, -0.15) is 0 Å². The Labute approximate surface area is 167 Å². The van der Waals surface area contributed by atoms with Crippen molar-refractivity contribution in [3.8, 4) is 0 Å². The van der Waals surface area contributed by atoms with Crippen LogP contribution in [0.5, 0.6) is 0 Å². The summed E-state index contributed by atoms with van der Waals surface area (Å²) < 4.78 is 0. The Morgan fingerprint density at radius 1 is 1.18 bits per heavy atom. The van der Waals surface area contributed by atoms with E-state index in [4.69, 9.17) is 0 Å². The minimum atomic E-state index is -0.0701. The molecule has 0 saturated carbocycles. The summed E-state index contributed by atoms with van der Waals surface area (Å²) in [5.74, 6) is 0.637. The molecule has 0 fully saturated rings. The first-order valence-corrected chi connectivity index (χ1v) is 10.2. The summed E-state index contributed by atoms with van der Waals surface area (Å²) in [6.45, 7) is 5.45. The van der Waals surface area contributed by atoms with Crippen LogP contribution in [0.3, 0.4) is 0 Å². The van der Waals surface area contributed by atoms with Gasteiger partial charge in [0.1, 0.15) is 17.8 Å². The number of carbonyl (C=O) groups is 1. The fourth-order valence-electron chi connectivity index (χ4n) is 3.47. The molecule has 0 bridgehead atoms. The zero-order valence-corrected chi connectivity index (χ0v) is 16.9. The van der Waals surface area contributed by atoms with Crippen molar-refractivity contribution >= 4 is 11.7 Å². The Morgan fingerprint density at radius 2 is 2.00 bits per heavy atom. The molecular weight excluding hydrogens is 348 g/mol. The largest absolute Gasteiger partial charge is 0.370 e. The summed E-state index contributed by atoms with van der Waals surface area (Å²) in [7, 11) is 0. The lowest BCUT2D eigenvalue weighted by molar-refractivity contribution is 0.0684. The van der Waals surface area contributed by atoms with Crippen molar-refractivity contribution in [3.05, 3.63) is 65.6 Å². The van der Waals surface area contributed by atoms with Gasteiger partial charge in [0.15, 0.2) is 0 Å². The lowest BCUT2D eigenvalue weighted by atomic mass is 9.97. The number of benzene rings is 1. The third-order valence-electron chi connectivity index (χ3n) is 5.10. The molecule has 5 heteroatoms. The van der Waals surface area contributed by atoms with Gasteiger partial charge in [-0.05, 0) is 51.5 Å². The quantitative estimate of drug-likeness (QED) is 0.669. The molecule has 28 heavy (non-hydrogen) atoms. The molecule has 1 aliphatic carbocycles. The second-order valence-electron chi connectivity index (χ2n) is 7.59. The molecule has 5 nitrogen and oxygen atoms in total. The van der Waals surface area contributed by atoms with E-state index in [2.05, 4.69) is 21.4 Å². The van der Waals surface area contributed by atoms with Gasteiger partial charge >= 0.3 is 0 Å². The van der Waals surface area contributed by atoms with Crippen LogP contribution in [0.2, 0.25) is 0 Å².